The molecule has 0 fully saturated rings. The third-order valence-electron chi connectivity index (χ3n) is 11.3. The van der Waals surface area contributed by atoms with Crippen molar-refractivity contribution < 1.29 is 14.3 Å². The number of Topliss-reactive ketones (excluding diaryl/α,β-unsaturated/α-hetero) is 1. The Morgan fingerprint density at radius 3 is 2.05 bits per heavy atom. The lowest BCUT2D eigenvalue weighted by Crippen LogP contribution is -2.38. The number of carbonyl (C=O) groups is 1. The van der Waals surface area contributed by atoms with E-state index >= 15 is 0 Å². The molecule has 0 amide bonds. The zero-order chi connectivity index (χ0) is 41.0. The molecule has 1 atom stereocenters. The molecule has 0 spiro atoms. The lowest BCUT2D eigenvalue weighted by Gasteiger charge is -2.26. The van der Waals surface area contributed by atoms with Gasteiger partial charge in [-0.05, 0) is 36.7 Å². The van der Waals surface area contributed by atoms with Gasteiger partial charge in [0.1, 0.15) is 19.2 Å². The van der Waals surface area contributed by atoms with Gasteiger partial charge in [0.2, 0.25) is 0 Å². The van der Waals surface area contributed by atoms with E-state index in [0.29, 0.717) is 38.7 Å². The average Bonchev–Trinajstić information content (AvgIpc) is 3.92. The Morgan fingerprint density at radius 2 is 1.46 bits per heavy atom. The minimum atomic E-state index is -1.28. The lowest BCUT2D eigenvalue weighted by molar-refractivity contribution is 0.0760. The van der Waals surface area contributed by atoms with E-state index in [1.807, 2.05) is 17.9 Å². The summed E-state index contributed by atoms with van der Waals surface area (Å²) in [5.41, 5.74) is 4.64. The summed E-state index contributed by atoms with van der Waals surface area (Å²) in [4.78, 5) is 21.9. The maximum Gasteiger partial charge on any atom is 0.183 e. The molecule has 0 bridgehead atoms. The Labute approximate surface area is 353 Å². The summed E-state index contributed by atoms with van der Waals surface area (Å²) in [7, 11) is -0.623. The second-order valence-electron chi connectivity index (χ2n) is 18.8. The van der Waals surface area contributed by atoms with Crippen LogP contribution in [0.5, 0.6) is 0 Å². The molecular formula is C44H72BrN7O3Si2. The van der Waals surface area contributed by atoms with Crippen molar-refractivity contribution in [1.82, 2.24) is 34.0 Å². The molecule has 1 aliphatic heterocycles. The van der Waals surface area contributed by atoms with Gasteiger partial charge in [0.05, 0.1) is 34.7 Å². The summed E-state index contributed by atoms with van der Waals surface area (Å²) >= 11 is 3.69. The standard InChI is InChI=1S/C44H72BrN7O3Si2/c1-9-10-11-12-13-14-15-16-17-18-19-20-21-39(43(53)35-29-46-49(2)30-35)50-31-38-41(32-50)51(33-54-24-26-56(3,4)5)44(47-38)42-37-23-22-36(45)28-40(37)52(48-42)34-55-25-27-57(6,7)8/h22-23,28-30,39H,9-21,24-27,31-34H2,1-8H3. The van der Waals surface area contributed by atoms with Gasteiger partial charge in [0, 0.05) is 65.6 Å². The van der Waals surface area contributed by atoms with E-state index in [9.17, 15) is 4.79 Å². The van der Waals surface area contributed by atoms with Crippen LogP contribution >= 0.6 is 15.9 Å². The van der Waals surface area contributed by atoms with E-state index in [2.05, 4.69) is 94.9 Å². The molecule has 1 aliphatic rings. The van der Waals surface area contributed by atoms with E-state index in [1.54, 1.807) is 10.9 Å². The van der Waals surface area contributed by atoms with Crippen LogP contribution in [-0.4, -0.2) is 75.2 Å². The second-order valence-corrected chi connectivity index (χ2v) is 31.0. The van der Waals surface area contributed by atoms with Crippen molar-refractivity contribution in [2.24, 2.45) is 7.05 Å². The number of halogens is 1. The molecule has 1 unspecified atom stereocenters. The number of ketones is 1. The van der Waals surface area contributed by atoms with Crippen LogP contribution in [0.15, 0.2) is 35.1 Å². The van der Waals surface area contributed by atoms with Gasteiger partial charge >= 0.3 is 0 Å². The predicted octanol–water partition coefficient (Wildman–Crippen LogP) is 11.7. The number of ether oxygens (including phenoxy) is 2. The van der Waals surface area contributed by atoms with E-state index in [0.717, 1.165) is 76.2 Å². The van der Waals surface area contributed by atoms with Gasteiger partial charge in [-0.2, -0.15) is 10.2 Å². The number of aryl methyl sites for hydroxylation is 1. The Bertz CT molecular complexity index is 1860. The molecule has 0 N–H and O–H groups in total. The molecule has 5 rings (SSSR count). The Hall–Kier alpha value is -2.43. The fourth-order valence-corrected chi connectivity index (χ4v) is 9.56. The van der Waals surface area contributed by atoms with Crippen molar-refractivity contribution >= 4 is 48.8 Å². The van der Waals surface area contributed by atoms with Crippen LogP contribution in [0.3, 0.4) is 0 Å². The fourth-order valence-electron chi connectivity index (χ4n) is 7.69. The first-order valence-corrected chi connectivity index (χ1v) is 30.1. The average molecular weight is 883 g/mol. The van der Waals surface area contributed by atoms with E-state index in [1.165, 1.54) is 64.2 Å². The molecule has 4 aromatic rings. The normalized spacial score (nSPS) is 14.3. The number of unbranched alkanes of at least 4 members (excludes halogenated alkanes) is 11. The fraction of sp³-hybridized carbons (Fsp3) is 0.682. The van der Waals surface area contributed by atoms with E-state index in [-0.39, 0.29) is 11.8 Å². The van der Waals surface area contributed by atoms with Crippen molar-refractivity contribution in [1.29, 1.82) is 0 Å². The first-order chi connectivity index (χ1) is 27.2. The van der Waals surface area contributed by atoms with Crippen LogP contribution in [0.2, 0.25) is 51.4 Å². The summed E-state index contributed by atoms with van der Waals surface area (Å²) in [5.74, 6) is 0.968. The highest BCUT2D eigenvalue weighted by Crippen LogP contribution is 2.35. The summed E-state index contributed by atoms with van der Waals surface area (Å²) < 4.78 is 19.6. The van der Waals surface area contributed by atoms with Crippen molar-refractivity contribution in [2.75, 3.05) is 13.2 Å². The smallest absolute Gasteiger partial charge is 0.183 e. The predicted molar refractivity (Wildman–Crippen MR) is 243 cm³/mol. The second kappa shape index (κ2) is 21.7. The summed E-state index contributed by atoms with van der Waals surface area (Å²) in [5, 5.41) is 10.6. The van der Waals surface area contributed by atoms with Crippen LogP contribution in [0.25, 0.3) is 22.4 Å². The van der Waals surface area contributed by atoms with Crippen molar-refractivity contribution in [3.05, 3.63) is 52.0 Å². The highest BCUT2D eigenvalue weighted by Gasteiger charge is 2.36. The van der Waals surface area contributed by atoms with Crippen LogP contribution in [0.1, 0.15) is 112 Å². The maximum absolute atomic E-state index is 14.2. The Balaban J connectivity index is 1.33. The quantitative estimate of drug-likeness (QED) is 0.0334. The number of nitrogens with zero attached hydrogens (tertiary/aromatic N) is 7. The van der Waals surface area contributed by atoms with Crippen molar-refractivity contribution in [3.8, 4) is 11.5 Å². The molecule has 57 heavy (non-hydrogen) atoms. The minimum Gasteiger partial charge on any atom is -0.361 e. The Morgan fingerprint density at radius 1 is 0.842 bits per heavy atom. The first kappa shape index (κ1) is 45.7. The van der Waals surface area contributed by atoms with Crippen LogP contribution < -0.4 is 0 Å². The topological polar surface area (TPSA) is 92.2 Å². The highest BCUT2D eigenvalue weighted by atomic mass is 79.9. The van der Waals surface area contributed by atoms with Gasteiger partial charge in [-0.3, -0.25) is 14.4 Å². The third kappa shape index (κ3) is 13.8. The van der Waals surface area contributed by atoms with Gasteiger partial charge in [-0.15, -0.1) is 0 Å². The molecule has 0 saturated carbocycles. The van der Waals surface area contributed by atoms with Gasteiger partial charge in [-0.1, -0.05) is 139 Å². The molecule has 0 radical (unpaired) electrons. The first-order valence-electron chi connectivity index (χ1n) is 21.9. The maximum atomic E-state index is 14.2. The number of hydrogen-bond acceptors (Lipinski definition) is 7. The number of benzene rings is 1. The number of aromatic nitrogens is 6. The molecule has 0 saturated heterocycles. The summed E-state index contributed by atoms with van der Waals surface area (Å²) in [6.45, 7) is 20.0. The molecule has 3 aromatic heterocycles. The summed E-state index contributed by atoms with van der Waals surface area (Å²) in [6.07, 6.45) is 20.0. The van der Waals surface area contributed by atoms with E-state index < -0.39 is 16.1 Å². The largest absolute Gasteiger partial charge is 0.361 e. The zero-order valence-corrected chi connectivity index (χ0v) is 40.1. The van der Waals surface area contributed by atoms with Crippen molar-refractivity contribution in [3.63, 3.8) is 0 Å². The zero-order valence-electron chi connectivity index (χ0n) is 36.5. The summed E-state index contributed by atoms with van der Waals surface area (Å²) in [6, 6.07) is 8.27. The number of fused-ring (bicyclic) bond motifs is 2. The Kier molecular flexibility index (Phi) is 17.4. The van der Waals surface area contributed by atoms with Gasteiger partial charge in [0.25, 0.3) is 0 Å². The minimum absolute atomic E-state index is 0.152. The number of carbonyl (C=O) groups excluding carboxylic acids is 1. The monoisotopic (exact) mass is 881 g/mol. The molecule has 13 heteroatoms. The number of hydrogen-bond donors (Lipinski definition) is 0. The lowest BCUT2D eigenvalue weighted by atomic mass is 9.98. The number of imidazole rings is 1. The molecular weight excluding hydrogens is 811 g/mol. The molecule has 4 heterocycles. The van der Waals surface area contributed by atoms with Gasteiger partial charge in [0.15, 0.2) is 11.6 Å². The van der Waals surface area contributed by atoms with Crippen molar-refractivity contribution in [2.45, 2.75) is 174 Å². The molecule has 10 nitrogen and oxygen atoms in total. The van der Waals surface area contributed by atoms with E-state index in [4.69, 9.17) is 19.6 Å². The molecule has 1 aromatic carbocycles. The van der Waals surface area contributed by atoms with Gasteiger partial charge < -0.3 is 14.0 Å². The van der Waals surface area contributed by atoms with Crippen LogP contribution in [-0.2, 0) is 43.1 Å². The SMILES string of the molecule is CCCCCCCCCCCCCCC(C(=O)c1cnn(C)c1)N1Cc2nc(-c3nn(COCC[Si](C)(C)C)c4cc(Br)ccc34)n(COCC[Si](C)(C)C)c2C1. The highest BCUT2D eigenvalue weighted by molar-refractivity contribution is 9.10. The van der Waals surface area contributed by atoms with Crippen LogP contribution in [0.4, 0.5) is 0 Å². The third-order valence-corrected chi connectivity index (χ3v) is 15.2. The van der Waals surface area contributed by atoms with Gasteiger partial charge in [-0.25, -0.2) is 9.67 Å². The molecule has 316 valence electrons. The number of rotatable bonds is 27. The van der Waals surface area contributed by atoms with Crippen LogP contribution in [0, 0.1) is 0 Å². The molecule has 0 aliphatic carbocycles.